The van der Waals surface area contributed by atoms with E-state index in [9.17, 15) is 24.9 Å². The predicted octanol–water partition coefficient (Wildman–Crippen LogP) is 0.376. The number of imidazole rings is 1. The number of carbonyl (C=O) groups is 2. The third-order valence-corrected chi connectivity index (χ3v) is 5.84. The van der Waals surface area contributed by atoms with Gasteiger partial charge in [-0.05, 0) is 24.4 Å². The van der Waals surface area contributed by atoms with Crippen LogP contribution in [-0.4, -0.2) is 84.1 Å². The molecule has 3 aromatic rings. The fourth-order valence-corrected chi connectivity index (χ4v) is 3.93. The van der Waals surface area contributed by atoms with Gasteiger partial charge in [0.1, 0.15) is 17.7 Å². The van der Waals surface area contributed by atoms with Crippen molar-refractivity contribution in [2.75, 3.05) is 12.3 Å². The van der Waals surface area contributed by atoms with Gasteiger partial charge in [-0.3, -0.25) is 4.57 Å². The van der Waals surface area contributed by atoms with Crippen LogP contribution in [0.25, 0.3) is 11.2 Å². The molecule has 192 valence electrons. The van der Waals surface area contributed by atoms with Gasteiger partial charge in [-0.25, -0.2) is 24.0 Å². The second kappa shape index (κ2) is 9.85. The number of hydrogen-bond acceptors (Lipinski definition) is 11. The first-order valence-electron chi connectivity index (χ1n) is 10.7. The number of aliphatic hydroxyl groups is 1. The average molecular weight is 513 g/mol. The Bertz CT molecular complexity index is 1410. The summed E-state index contributed by atoms with van der Waals surface area (Å²) in [6, 6.07) is 7.56. The van der Waals surface area contributed by atoms with E-state index in [2.05, 4.69) is 26.7 Å². The molecule has 0 aliphatic carbocycles. The number of benzene rings is 1. The molecule has 1 saturated heterocycles. The lowest BCUT2D eigenvalue weighted by atomic mass is 9.93. The number of anilines is 1. The maximum Gasteiger partial charge on any atom is 0.348 e. The summed E-state index contributed by atoms with van der Waals surface area (Å²) in [5.74, 6) is -3.82. The first kappa shape index (κ1) is 25.6. The fraction of sp³-hybridized carbons (Fsp3) is 0.318. The topological polar surface area (TPSA) is 219 Å². The lowest BCUT2D eigenvalue weighted by Crippen LogP contribution is -2.52. The van der Waals surface area contributed by atoms with E-state index < -0.39 is 55.2 Å². The third-order valence-electron chi connectivity index (χ3n) is 5.84. The van der Waals surface area contributed by atoms with E-state index in [0.29, 0.717) is 0 Å². The van der Waals surface area contributed by atoms with Crippen molar-refractivity contribution in [2.45, 2.75) is 36.6 Å². The summed E-state index contributed by atoms with van der Waals surface area (Å²) in [6.07, 6.45) is -6.32. The van der Waals surface area contributed by atoms with Crippen LogP contribution in [0.4, 0.5) is 16.2 Å². The summed E-state index contributed by atoms with van der Waals surface area (Å²) in [7, 11) is 0. The van der Waals surface area contributed by atoms with Gasteiger partial charge in [-0.1, -0.05) is 12.1 Å². The second-order valence-electron chi connectivity index (χ2n) is 8.13. The molecule has 14 nitrogen and oxygen atoms in total. The SMILES string of the molecule is C=Nc1nc(N)c2ncn([C@@H]3O[C@H](COC(Cc4cccc(C#N)c4)(C(=O)O)C(=O)O)[C@@H](O)[C@@H]3F)c2n1. The molecule has 0 bridgehead atoms. The second-order valence-corrected chi connectivity index (χ2v) is 8.13. The molecule has 0 saturated carbocycles. The van der Waals surface area contributed by atoms with Gasteiger partial charge in [0.05, 0.1) is 24.6 Å². The first-order valence-corrected chi connectivity index (χ1v) is 10.7. The quantitative estimate of drug-likeness (QED) is 0.225. The van der Waals surface area contributed by atoms with Crippen molar-refractivity contribution in [2.24, 2.45) is 4.99 Å². The molecule has 4 rings (SSSR count). The lowest BCUT2D eigenvalue weighted by molar-refractivity contribution is -0.190. The van der Waals surface area contributed by atoms with E-state index in [4.69, 9.17) is 20.5 Å². The average Bonchev–Trinajstić information content (AvgIpc) is 3.42. The van der Waals surface area contributed by atoms with E-state index >= 15 is 4.39 Å². The number of rotatable bonds is 9. The van der Waals surface area contributed by atoms with Crippen LogP contribution < -0.4 is 5.73 Å². The highest BCUT2D eigenvalue weighted by Gasteiger charge is 2.52. The summed E-state index contributed by atoms with van der Waals surface area (Å²) < 4.78 is 27.2. The van der Waals surface area contributed by atoms with Crippen LogP contribution >= 0.6 is 0 Å². The molecule has 0 amide bonds. The van der Waals surface area contributed by atoms with Crippen molar-refractivity contribution in [3.05, 3.63) is 41.7 Å². The third kappa shape index (κ3) is 4.56. The zero-order chi connectivity index (χ0) is 26.9. The van der Waals surface area contributed by atoms with E-state index in [1.807, 2.05) is 6.07 Å². The molecule has 37 heavy (non-hydrogen) atoms. The van der Waals surface area contributed by atoms with E-state index in [1.54, 1.807) is 0 Å². The van der Waals surface area contributed by atoms with Crippen molar-refractivity contribution in [1.29, 1.82) is 5.26 Å². The number of carboxylic acid groups (broad SMARTS) is 2. The van der Waals surface area contributed by atoms with Gasteiger partial charge >= 0.3 is 11.9 Å². The predicted molar refractivity (Wildman–Crippen MR) is 123 cm³/mol. The number of aliphatic carboxylic acids is 2. The number of alkyl halides is 1. The van der Waals surface area contributed by atoms with Gasteiger partial charge in [-0.2, -0.15) is 15.2 Å². The van der Waals surface area contributed by atoms with Crippen LogP contribution in [-0.2, 0) is 25.5 Å². The van der Waals surface area contributed by atoms with Crippen LogP contribution in [0.1, 0.15) is 17.4 Å². The standard InChI is InChI=1S/C22H20FN7O7/c1-26-21-28-16(25)14-17(29-21)30(9-27-14)18-13(23)15(31)12(37-18)8-36-22(19(32)33,20(34)35)6-10-3-2-4-11(5-10)7-24/h2-5,9,12-13,15,18,31H,1,6,8H2,(H,32,33)(H,34,35)(H2,25,28,29)/t12-,13+,15-,18-/m1/s1. The molecular formula is C22H20FN7O7. The Morgan fingerprint density at radius 3 is 2.73 bits per heavy atom. The number of nitriles is 1. The Kier molecular flexibility index (Phi) is 6.81. The zero-order valence-electron chi connectivity index (χ0n) is 18.9. The van der Waals surface area contributed by atoms with Crippen LogP contribution in [0.3, 0.4) is 0 Å². The van der Waals surface area contributed by atoms with E-state index in [0.717, 1.165) is 10.9 Å². The number of fused-ring (bicyclic) bond motifs is 1. The summed E-state index contributed by atoms with van der Waals surface area (Å²) >= 11 is 0. The van der Waals surface area contributed by atoms with E-state index in [1.165, 1.54) is 24.3 Å². The summed E-state index contributed by atoms with van der Waals surface area (Å²) in [6.45, 7) is 2.52. The van der Waals surface area contributed by atoms with Crippen LogP contribution in [0.15, 0.2) is 35.6 Å². The Morgan fingerprint density at radius 2 is 2.08 bits per heavy atom. The summed E-state index contributed by atoms with van der Waals surface area (Å²) in [4.78, 5) is 39.7. The van der Waals surface area contributed by atoms with Gasteiger partial charge in [0, 0.05) is 6.42 Å². The largest absolute Gasteiger partial charge is 0.479 e. The molecule has 0 spiro atoms. The maximum atomic E-state index is 15.1. The molecule has 2 aromatic heterocycles. The number of ether oxygens (including phenoxy) is 2. The number of halogens is 1. The van der Waals surface area contributed by atoms with Crippen LogP contribution in [0.5, 0.6) is 0 Å². The molecule has 1 aliphatic heterocycles. The molecule has 1 aromatic carbocycles. The van der Waals surface area contributed by atoms with Crippen molar-refractivity contribution in [1.82, 2.24) is 19.5 Å². The number of carboxylic acids is 2. The number of nitrogens with zero attached hydrogens (tertiary/aromatic N) is 6. The Labute approximate surface area is 207 Å². The van der Waals surface area contributed by atoms with Gasteiger partial charge in [0.2, 0.25) is 0 Å². The minimum absolute atomic E-state index is 0.0408. The molecule has 1 aliphatic rings. The molecule has 0 radical (unpaired) electrons. The lowest BCUT2D eigenvalue weighted by Gasteiger charge is -2.27. The van der Waals surface area contributed by atoms with Crippen molar-refractivity contribution < 1.29 is 38.8 Å². The number of nitrogens with two attached hydrogens (primary N) is 1. The number of aliphatic hydroxyl groups excluding tert-OH is 1. The fourth-order valence-electron chi connectivity index (χ4n) is 3.93. The number of nitrogen functional groups attached to an aromatic ring is 1. The normalized spacial score (nSPS) is 21.5. The van der Waals surface area contributed by atoms with E-state index in [-0.39, 0.29) is 34.1 Å². The number of hydrogen-bond donors (Lipinski definition) is 4. The molecule has 0 unspecified atom stereocenters. The highest BCUT2D eigenvalue weighted by atomic mass is 19.1. The number of aromatic nitrogens is 4. The molecule has 3 heterocycles. The molecule has 15 heteroatoms. The summed E-state index contributed by atoms with van der Waals surface area (Å²) in [5.41, 5.74) is 3.56. The van der Waals surface area contributed by atoms with Crippen molar-refractivity contribution in [3.8, 4) is 6.07 Å². The molecule has 1 fully saturated rings. The minimum Gasteiger partial charge on any atom is -0.479 e. The zero-order valence-corrected chi connectivity index (χ0v) is 18.9. The minimum atomic E-state index is -2.81. The smallest absolute Gasteiger partial charge is 0.348 e. The first-order chi connectivity index (χ1) is 17.6. The Morgan fingerprint density at radius 1 is 1.35 bits per heavy atom. The van der Waals surface area contributed by atoms with Gasteiger partial charge in [0.25, 0.3) is 11.5 Å². The Hall–Kier alpha value is -4.52. The number of aliphatic imine (C=N–C) groups is 1. The summed E-state index contributed by atoms with van der Waals surface area (Å²) in [5, 5.41) is 39.1. The van der Waals surface area contributed by atoms with Crippen molar-refractivity contribution >= 4 is 41.6 Å². The molecule has 5 N–H and O–H groups in total. The maximum absolute atomic E-state index is 15.1. The molecule has 4 atom stereocenters. The monoisotopic (exact) mass is 513 g/mol. The van der Waals surface area contributed by atoms with Gasteiger partial charge in [0.15, 0.2) is 23.9 Å². The van der Waals surface area contributed by atoms with Gasteiger partial charge < -0.3 is 30.5 Å². The van der Waals surface area contributed by atoms with Crippen LogP contribution in [0, 0.1) is 11.3 Å². The highest BCUT2D eigenvalue weighted by molar-refractivity contribution is 6.02. The Balaban J connectivity index is 1.59. The highest BCUT2D eigenvalue weighted by Crippen LogP contribution is 2.35. The van der Waals surface area contributed by atoms with Crippen LogP contribution in [0.2, 0.25) is 0 Å². The van der Waals surface area contributed by atoms with Crippen molar-refractivity contribution in [3.63, 3.8) is 0 Å². The van der Waals surface area contributed by atoms with Gasteiger partial charge in [-0.15, -0.1) is 0 Å². The molecular weight excluding hydrogens is 493 g/mol.